The molecule has 7 N–H and O–H groups in total. The van der Waals surface area contributed by atoms with Crippen molar-refractivity contribution >= 4 is 178 Å². The smallest absolute Gasteiger partial charge is 0.267 e. The van der Waals surface area contributed by atoms with E-state index in [0.717, 1.165) is 38.6 Å². The number of hydrogen-bond donors (Lipinski definition) is 5. The van der Waals surface area contributed by atoms with Crippen molar-refractivity contribution in [3.05, 3.63) is 358 Å². The summed E-state index contributed by atoms with van der Waals surface area (Å²) >= 11 is 47.1. The van der Waals surface area contributed by atoms with Gasteiger partial charge in [-0.15, -0.1) is 34.5 Å². The Bertz CT molecular complexity index is 4620. The van der Waals surface area contributed by atoms with Gasteiger partial charge in [-0.1, -0.05) is 300 Å². The number of nitrogen functional groups attached to an aromatic ring is 2. The summed E-state index contributed by atoms with van der Waals surface area (Å²) in [5.74, 6) is -0.875. The van der Waals surface area contributed by atoms with E-state index >= 15 is 0 Å². The molecule has 0 bridgehead atoms. The second-order valence-corrected chi connectivity index (χ2v) is 29.2. The first-order valence-corrected chi connectivity index (χ1v) is 38.1. The van der Waals surface area contributed by atoms with Crippen molar-refractivity contribution in [3.8, 4) is 0 Å². The van der Waals surface area contributed by atoms with Crippen LogP contribution in [0.5, 0.6) is 0 Å². The highest BCUT2D eigenvalue weighted by molar-refractivity contribution is 7.80. The lowest BCUT2D eigenvalue weighted by Gasteiger charge is -2.35. The van der Waals surface area contributed by atoms with Gasteiger partial charge < -0.3 is 32.3 Å². The first kappa shape index (κ1) is 85.0. The van der Waals surface area contributed by atoms with Crippen molar-refractivity contribution in [3.63, 3.8) is 0 Å². The maximum absolute atomic E-state index is 13.1. The molecule has 23 heteroatoms. The summed E-state index contributed by atoms with van der Waals surface area (Å²) in [5, 5.41) is 11.3. The number of nitrogens with zero attached hydrogens (tertiary/aromatic N) is 4. The molecule has 2 aromatic heterocycles. The number of para-hydroxylation sites is 4. The zero-order valence-corrected chi connectivity index (χ0v) is 67.0. The van der Waals surface area contributed by atoms with Crippen LogP contribution in [0.1, 0.15) is 86.4 Å². The normalized spacial score (nSPS) is 10.7. The third-order valence-electron chi connectivity index (χ3n) is 16.3. The van der Waals surface area contributed by atoms with Crippen molar-refractivity contribution in [2.24, 2.45) is 4.99 Å². The molecule has 0 unspecified atom stereocenters. The molecule has 0 saturated heterocycles. The largest absolute Gasteiger partial charge is 0.397 e. The summed E-state index contributed by atoms with van der Waals surface area (Å²) in [5.41, 5.74) is 23.7. The molecule has 0 radical (unpaired) electrons. The van der Waals surface area contributed by atoms with Crippen LogP contribution in [0.3, 0.4) is 0 Å². The second-order valence-electron chi connectivity index (χ2n) is 24.0. The molecule has 2 heterocycles. The predicted octanol–water partition coefficient (Wildman–Crippen LogP) is 22.2. The first-order chi connectivity index (χ1) is 51.4. The maximum Gasteiger partial charge on any atom is 0.267 e. The second kappa shape index (κ2) is 42.9. The van der Waals surface area contributed by atoms with Gasteiger partial charge in [-0.2, -0.15) is 0 Å². The van der Waals surface area contributed by atoms with Crippen LogP contribution in [0.15, 0.2) is 272 Å². The van der Waals surface area contributed by atoms with Crippen LogP contribution < -0.4 is 27.4 Å². The summed E-state index contributed by atoms with van der Waals surface area (Å²) < 4.78 is 0. The van der Waals surface area contributed by atoms with Crippen molar-refractivity contribution in [1.82, 2.24) is 14.9 Å². The summed E-state index contributed by atoms with van der Waals surface area (Å²) in [7, 11) is 3.90. The monoisotopic (exact) mass is 1620 g/mol. The highest BCUT2D eigenvalue weighted by Gasteiger charge is 2.39. The highest BCUT2D eigenvalue weighted by Crippen LogP contribution is 2.45. The van der Waals surface area contributed by atoms with E-state index in [4.69, 9.17) is 110 Å². The topological polar surface area (TPSA) is 198 Å². The average Bonchev–Trinajstić information content (AvgIpc) is 1.16. The van der Waals surface area contributed by atoms with Crippen LogP contribution in [-0.2, 0) is 26.8 Å². The van der Waals surface area contributed by atoms with Crippen molar-refractivity contribution < 1.29 is 19.2 Å². The van der Waals surface area contributed by atoms with E-state index in [1.165, 1.54) is 50.9 Å². The number of rotatable bonds is 18. The van der Waals surface area contributed by atoms with E-state index in [9.17, 15) is 19.2 Å². The van der Waals surface area contributed by atoms with Gasteiger partial charge in [0.1, 0.15) is 20.6 Å². The molecule has 550 valence electrons. The van der Waals surface area contributed by atoms with Crippen molar-refractivity contribution in [2.45, 2.75) is 51.4 Å². The van der Waals surface area contributed by atoms with E-state index in [2.05, 4.69) is 172 Å². The number of carbonyl (C=O) groups excluding carboxylic acids is 4. The molecule has 0 atom stereocenters. The number of benzene rings is 10. The van der Waals surface area contributed by atoms with Gasteiger partial charge in [0.2, 0.25) is 11.1 Å². The number of nitrogens with one attached hydrogen (secondary N) is 3. The lowest BCUT2D eigenvalue weighted by Crippen LogP contribution is -2.32. The number of amides is 3. The number of thiocarbonyl (C=S) groups is 1. The fourth-order valence-corrected chi connectivity index (χ4v) is 13.9. The number of thiazole rings is 2. The Morgan fingerprint density at radius 1 is 0.458 bits per heavy atom. The van der Waals surface area contributed by atoms with Crippen LogP contribution >= 0.6 is 116 Å². The van der Waals surface area contributed by atoms with Crippen molar-refractivity contribution in [1.29, 1.82) is 0 Å². The molecule has 10 aromatic carbocycles. The molecule has 3 amide bonds. The number of aliphatic imine (C=N–C) groups is 1. The van der Waals surface area contributed by atoms with Crippen LogP contribution in [0.25, 0.3) is 0 Å². The van der Waals surface area contributed by atoms with Gasteiger partial charge in [0.05, 0.1) is 83.3 Å². The first-order valence-electron chi connectivity index (χ1n) is 33.1. The SMILES string of the molecule is CN(C)C=NC(=S)CC(c1ccccc1)(c1ccccc1)c1ccccc1.Cc1cccc(Cl)c1N.Cc1cccc(Cl)c1NC(=O)CCl.Cc1cccc(Cl)c1NC(=O)c1cnc(CC(c2ccccc2)(c2ccccc2)c2ccccc2)s1.Cc1cccc(Cl)c1NC(=O)c1cnc(N)s1.O=C(Cl)CCl. The summed E-state index contributed by atoms with van der Waals surface area (Å²) in [6.45, 7) is 7.60. The maximum atomic E-state index is 13.1. The third kappa shape index (κ3) is 24.6. The third-order valence-corrected chi connectivity index (χ3v) is 20.4. The average molecular weight is 1620 g/mol. The molecule has 0 aliphatic rings. The minimum atomic E-state index is -0.508. The summed E-state index contributed by atoms with van der Waals surface area (Å²) in [4.78, 5) is 62.1. The highest BCUT2D eigenvalue weighted by atomic mass is 35.5. The molecule has 13 nitrogen and oxygen atoms in total. The van der Waals surface area contributed by atoms with E-state index in [-0.39, 0.29) is 34.9 Å². The molecule has 107 heavy (non-hydrogen) atoms. The number of aromatic nitrogens is 2. The minimum Gasteiger partial charge on any atom is -0.397 e. The van der Waals surface area contributed by atoms with E-state index < -0.39 is 10.7 Å². The fourth-order valence-electron chi connectivity index (χ4n) is 11.1. The lowest BCUT2D eigenvalue weighted by molar-refractivity contribution is -0.114. The van der Waals surface area contributed by atoms with Gasteiger partial charge in [-0.25, -0.2) is 15.0 Å². The van der Waals surface area contributed by atoms with Gasteiger partial charge in [-0.3, -0.25) is 19.2 Å². The number of carbonyl (C=O) groups is 4. The molecule has 0 saturated carbocycles. The zero-order valence-electron chi connectivity index (χ0n) is 59.3. The molecule has 12 aromatic rings. The van der Waals surface area contributed by atoms with E-state index in [1.54, 1.807) is 36.8 Å². The Labute approximate surface area is 673 Å². The number of halogens is 7. The van der Waals surface area contributed by atoms with Crippen LogP contribution in [-0.4, -0.2) is 75.0 Å². The number of nitrogens with two attached hydrogens (primary N) is 2. The lowest BCUT2D eigenvalue weighted by atomic mass is 9.67. The quantitative estimate of drug-likeness (QED) is 0.0105. The predicted molar refractivity (Wildman–Crippen MR) is 456 cm³/mol. The molecule has 0 aliphatic carbocycles. The Morgan fingerprint density at radius 3 is 1.09 bits per heavy atom. The van der Waals surface area contributed by atoms with E-state index in [1.807, 2.05) is 132 Å². The fraction of sp³-hybridized carbons (Fsp3) is 0.143. The summed E-state index contributed by atoms with van der Waals surface area (Å²) in [6.07, 6.45) is 6.13. The van der Waals surface area contributed by atoms with Gasteiger partial charge in [0.25, 0.3) is 11.8 Å². The molecular formula is C84H78Cl7N9O4S3. The van der Waals surface area contributed by atoms with Gasteiger partial charge in [0, 0.05) is 26.9 Å². The molecule has 0 aliphatic heterocycles. The molecule has 0 spiro atoms. The Balaban J connectivity index is 0.000000197. The zero-order chi connectivity index (χ0) is 77.5. The van der Waals surface area contributed by atoms with Gasteiger partial charge in [-0.05, 0) is 119 Å². The molecule has 0 fully saturated rings. The summed E-state index contributed by atoms with van der Waals surface area (Å²) in [6, 6.07) is 85.3. The number of hydrogen-bond acceptors (Lipinski definition) is 11. The Hall–Kier alpha value is -9.27. The van der Waals surface area contributed by atoms with Gasteiger partial charge in [0.15, 0.2) is 5.13 Å². The molecule has 12 rings (SSSR count). The number of anilines is 5. The standard InChI is InChI=1S/C31H25ClN2OS.C24H24N2S.C11H10ClN3OS.C9H9Cl2NO.C7H8ClN.C2H2Cl2O/c1-22-12-11-19-26(32)29(22)34-30(35)27-21-33-28(36-27)20-31(23-13-5-2-6-14-23,24-15-7-3-8-16-24)25-17-9-4-10-18-25;1-26(2)19-25-23(27)18-24(20-12-6-3-7-13-20,21-14-8-4-9-15-21)22-16-10-5-11-17-22;1-6-3-2-4-7(12)9(6)15-10(16)8-5-14-11(13)17-8;1-6-3-2-4-7(11)9(6)12-8(13)5-10;1-5-3-2-4-6(8)7(5)9;3-1-2(4)5/h2-19,21H,20H2,1H3,(H,34,35);3-17,19H,18H2,1-2H3;2-5H,1H3,(H2,13,14)(H,15,16);2-4H,5H2,1H3,(H,12,13);2-4H,9H2,1H3;1H2. The Kier molecular flexibility index (Phi) is 34.1. The van der Waals surface area contributed by atoms with Crippen LogP contribution in [0.2, 0.25) is 20.1 Å². The molecular weight excluding hydrogens is 1540 g/mol. The number of alkyl halides is 2. The van der Waals surface area contributed by atoms with Crippen LogP contribution in [0.4, 0.5) is 27.9 Å². The number of aryl methyl sites for hydroxylation is 4. The Morgan fingerprint density at radius 2 is 0.785 bits per heavy atom. The van der Waals surface area contributed by atoms with Crippen LogP contribution in [0, 0.1) is 27.7 Å². The minimum absolute atomic E-state index is 0.0648. The van der Waals surface area contributed by atoms with E-state index in [0.29, 0.717) is 75.6 Å². The van der Waals surface area contributed by atoms with Gasteiger partial charge >= 0.3 is 0 Å². The van der Waals surface area contributed by atoms with Crippen molar-refractivity contribution in [2.75, 3.05) is 53.3 Å².